The second kappa shape index (κ2) is 8.17. The van der Waals surface area contributed by atoms with E-state index in [2.05, 4.69) is 10.1 Å². The molecule has 0 saturated carbocycles. The molecule has 7 nitrogen and oxygen atoms in total. The Morgan fingerprint density at radius 3 is 2.30 bits per heavy atom. The van der Waals surface area contributed by atoms with E-state index in [4.69, 9.17) is 0 Å². The topological polar surface area (TPSA) is 92.8 Å². The summed E-state index contributed by atoms with van der Waals surface area (Å²) in [4.78, 5) is 24.0. The number of nitrogens with zero attached hydrogens (tertiary/aromatic N) is 1. The average molecular weight is 394 g/mol. The molecule has 0 saturated heterocycles. The van der Waals surface area contributed by atoms with Gasteiger partial charge in [0, 0.05) is 5.69 Å². The molecule has 9 heteroatoms. The maximum absolute atomic E-state index is 13.5. The van der Waals surface area contributed by atoms with Crippen molar-refractivity contribution in [1.82, 2.24) is 0 Å². The Morgan fingerprint density at radius 1 is 1.15 bits per heavy atom. The van der Waals surface area contributed by atoms with Crippen LogP contribution in [0.2, 0.25) is 0 Å². The molecule has 0 aromatic heterocycles. The second-order valence-corrected chi connectivity index (χ2v) is 7.63. The van der Waals surface area contributed by atoms with Crippen LogP contribution in [0.25, 0.3) is 0 Å². The van der Waals surface area contributed by atoms with Crippen LogP contribution in [-0.4, -0.2) is 39.7 Å². The molecule has 0 bridgehead atoms. The Labute approximate surface area is 156 Å². The number of ether oxygens (including phenoxy) is 1. The number of carbonyl (C=O) groups is 2. The Balaban J connectivity index is 2.24. The van der Waals surface area contributed by atoms with E-state index >= 15 is 0 Å². The van der Waals surface area contributed by atoms with E-state index < -0.39 is 33.8 Å². The third kappa shape index (κ3) is 5.04. The van der Waals surface area contributed by atoms with Crippen molar-refractivity contribution in [3.05, 3.63) is 59.9 Å². The summed E-state index contributed by atoms with van der Waals surface area (Å²) >= 11 is 0. The molecule has 2 aromatic rings. The van der Waals surface area contributed by atoms with Gasteiger partial charge >= 0.3 is 5.97 Å². The number of rotatable bonds is 6. The zero-order valence-electron chi connectivity index (χ0n) is 15.0. The molecule has 0 aliphatic carbocycles. The summed E-state index contributed by atoms with van der Waals surface area (Å²) in [7, 11) is -2.59. The fourth-order valence-corrected chi connectivity index (χ4v) is 3.64. The van der Waals surface area contributed by atoms with Crippen molar-refractivity contribution >= 4 is 33.3 Å². The predicted molar refractivity (Wildman–Crippen MR) is 99.6 cm³/mol. The molecule has 1 amide bonds. The highest BCUT2D eigenvalue weighted by Crippen LogP contribution is 2.22. The molecular formula is C18H19FN2O5S. The molecule has 1 N–H and O–H groups in total. The van der Waals surface area contributed by atoms with Gasteiger partial charge in [-0.25, -0.2) is 17.6 Å². The van der Waals surface area contributed by atoms with Gasteiger partial charge in [-0.2, -0.15) is 0 Å². The van der Waals surface area contributed by atoms with Gasteiger partial charge in [-0.05, 0) is 49.4 Å². The molecule has 0 spiro atoms. The summed E-state index contributed by atoms with van der Waals surface area (Å²) in [5, 5.41) is 2.57. The van der Waals surface area contributed by atoms with E-state index in [1.165, 1.54) is 56.5 Å². The van der Waals surface area contributed by atoms with Gasteiger partial charge in [0.05, 0.1) is 24.6 Å². The number of halogens is 1. The summed E-state index contributed by atoms with van der Waals surface area (Å²) < 4.78 is 43.3. The molecule has 0 fully saturated rings. The Bertz CT molecular complexity index is 944. The first-order valence-electron chi connectivity index (χ1n) is 7.87. The molecule has 0 radical (unpaired) electrons. The third-order valence-electron chi connectivity index (χ3n) is 3.72. The van der Waals surface area contributed by atoms with Crippen LogP contribution < -0.4 is 9.62 Å². The monoisotopic (exact) mass is 394 g/mol. The second-order valence-electron chi connectivity index (χ2n) is 5.77. The molecule has 27 heavy (non-hydrogen) atoms. The lowest BCUT2D eigenvalue weighted by Gasteiger charge is -2.28. The lowest BCUT2D eigenvalue weighted by Crippen LogP contribution is -2.45. The Morgan fingerprint density at radius 2 is 1.78 bits per heavy atom. The summed E-state index contributed by atoms with van der Waals surface area (Å²) in [6, 6.07) is 9.75. The first kappa shape index (κ1) is 20.4. The first-order valence-corrected chi connectivity index (χ1v) is 9.72. The van der Waals surface area contributed by atoms with Crippen LogP contribution in [0.5, 0.6) is 0 Å². The van der Waals surface area contributed by atoms with Crippen LogP contribution in [0.4, 0.5) is 15.8 Å². The largest absolute Gasteiger partial charge is 0.465 e. The predicted octanol–water partition coefficient (Wildman–Crippen LogP) is 2.41. The molecule has 2 rings (SSSR count). The average Bonchev–Trinajstić information content (AvgIpc) is 2.60. The summed E-state index contributed by atoms with van der Waals surface area (Å²) in [6.45, 7) is 1.39. The van der Waals surface area contributed by atoms with Crippen LogP contribution in [-0.2, 0) is 19.6 Å². The molecular weight excluding hydrogens is 375 g/mol. The van der Waals surface area contributed by atoms with Crippen LogP contribution in [0, 0.1) is 5.82 Å². The van der Waals surface area contributed by atoms with Gasteiger partial charge in [-0.3, -0.25) is 9.10 Å². The first-order chi connectivity index (χ1) is 12.6. The van der Waals surface area contributed by atoms with Crippen LogP contribution in [0.3, 0.4) is 0 Å². The Hall–Kier alpha value is -2.94. The number of anilines is 2. The van der Waals surface area contributed by atoms with Gasteiger partial charge in [0.25, 0.3) is 0 Å². The molecule has 1 atom stereocenters. The van der Waals surface area contributed by atoms with E-state index in [1.807, 2.05) is 0 Å². The zero-order valence-corrected chi connectivity index (χ0v) is 15.8. The summed E-state index contributed by atoms with van der Waals surface area (Å²) in [5.41, 5.74) is 0.717. The lowest BCUT2D eigenvalue weighted by atomic mass is 10.2. The molecule has 144 valence electrons. The zero-order chi connectivity index (χ0) is 20.2. The SMILES string of the molecule is COC(=O)c1ccc(NC(=O)[C@H](C)N(c2cccc(F)c2)S(C)(=O)=O)cc1. The lowest BCUT2D eigenvalue weighted by molar-refractivity contribution is -0.116. The standard InChI is InChI=1S/C18H19FN2O5S/c1-12(21(27(3,24)25)16-6-4-5-14(19)11-16)17(22)20-15-9-7-13(8-10-15)18(23)26-2/h4-12H,1-3H3,(H,20,22)/t12-/m0/s1. The highest BCUT2D eigenvalue weighted by molar-refractivity contribution is 7.92. The van der Waals surface area contributed by atoms with Crippen LogP contribution in [0.1, 0.15) is 17.3 Å². The number of esters is 1. The van der Waals surface area contributed by atoms with Crippen molar-refractivity contribution in [1.29, 1.82) is 0 Å². The maximum Gasteiger partial charge on any atom is 0.337 e. The van der Waals surface area contributed by atoms with Gasteiger partial charge in [-0.1, -0.05) is 6.07 Å². The van der Waals surface area contributed by atoms with E-state index in [1.54, 1.807) is 0 Å². The highest BCUT2D eigenvalue weighted by atomic mass is 32.2. The van der Waals surface area contributed by atoms with Gasteiger partial charge in [0.2, 0.25) is 15.9 Å². The number of hydrogen-bond donors (Lipinski definition) is 1. The number of amides is 1. The number of benzene rings is 2. The van der Waals surface area contributed by atoms with Crippen molar-refractivity contribution in [2.75, 3.05) is 23.0 Å². The van der Waals surface area contributed by atoms with Gasteiger partial charge in [-0.15, -0.1) is 0 Å². The van der Waals surface area contributed by atoms with Crippen molar-refractivity contribution in [2.24, 2.45) is 0 Å². The quantitative estimate of drug-likeness (QED) is 0.760. The van der Waals surface area contributed by atoms with Crippen molar-refractivity contribution < 1.29 is 27.1 Å². The highest BCUT2D eigenvalue weighted by Gasteiger charge is 2.29. The molecule has 0 unspecified atom stereocenters. The number of carbonyl (C=O) groups excluding carboxylic acids is 2. The maximum atomic E-state index is 13.5. The Kier molecular flexibility index (Phi) is 6.17. The fourth-order valence-electron chi connectivity index (χ4n) is 2.48. The van der Waals surface area contributed by atoms with Gasteiger partial charge in [0.1, 0.15) is 11.9 Å². The normalized spacial score (nSPS) is 12.1. The van der Waals surface area contributed by atoms with Gasteiger partial charge in [0.15, 0.2) is 0 Å². The minimum absolute atomic E-state index is 0.0428. The number of nitrogens with one attached hydrogen (secondary N) is 1. The fraction of sp³-hybridized carbons (Fsp3) is 0.222. The van der Waals surface area contributed by atoms with E-state index in [-0.39, 0.29) is 5.69 Å². The van der Waals surface area contributed by atoms with E-state index in [9.17, 15) is 22.4 Å². The van der Waals surface area contributed by atoms with Crippen LogP contribution >= 0.6 is 0 Å². The minimum atomic E-state index is -3.85. The molecule has 2 aromatic carbocycles. The van der Waals surface area contributed by atoms with Gasteiger partial charge < -0.3 is 10.1 Å². The minimum Gasteiger partial charge on any atom is -0.465 e. The molecule has 0 heterocycles. The summed E-state index contributed by atoms with van der Waals surface area (Å²) in [6.07, 6.45) is 0.937. The van der Waals surface area contributed by atoms with Crippen molar-refractivity contribution in [3.63, 3.8) is 0 Å². The van der Waals surface area contributed by atoms with E-state index in [0.717, 1.165) is 16.6 Å². The number of hydrogen-bond acceptors (Lipinski definition) is 5. The summed E-state index contributed by atoms with van der Waals surface area (Å²) in [5.74, 6) is -1.75. The molecule has 0 aliphatic heterocycles. The smallest absolute Gasteiger partial charge is 0.337 e. The third-order valence-corrected chi connectivity index (χ3v) is 4.97. The van der Waals surface area contributed by atoms with Crippen LogP contribution in [0.15, 0.2) is 48.5 Å². The van der Waals surface area contributed by atoms with E-state index in [0.29, 0.717) is 11.3 Å². The number of methoxy groups -OCH3 is 1. The van der Waals surface area contributed by atoms with Crippen molar-refractivity contribution in [2.45, 2.75) is 13.0 Å². The molecule has 0 aliphatic rings. The number of sulfonamides is 1. The van der Waals surface area contributed by atoms with Crippen molar-refractivity contribution in [3.8, 4) is 0 Å².